The molecule has 0 amide bonds. The van der Waals surface area contributed by atoms with Crippen LogP contribution in [-0.4, -0.2) is 27.3 Å². The van der Waals surface area contributed by atoms with Crippen molar-refractivity contribution in [2.45, 2.75) is 6.92 Å². The third-order valence-corrected chi connectivity index (χ3v) is 4.32. The first kappa shape index (κ1) is 10.3. The maximum atomic E-state index is 11.9. The quantitative estimate of drug-likeness (QED) is 0.784. The van der Waals surface area contributed by atoms with Crippen LogP contribution < -0.4 is 9.62 Å². The smallest absolute Gasteiger partial charge is 0.236 e. The van der Waals surface area contributed by atoms with E-state index in [1.807, 2.05) is 31.2 Å². The molecule has 1 aliphatic rings. The number of rotatable bonds is 1. The number of hydrogen-bond donors (Lipinski definition) is 1. The lowest BCUT2D eigenvalue weighted by molar-refractivity contribution is 0.593. The molecule has 0 atom stereocenters. The summed E-state index contributed by atoms with van der Waals surface area (Å²) in [5, 5.41) is 3.12. The van der Waals surface area contributed by atoms with Gasteiger partial charge in [-0.2, -0.15) is 0 Å². The van der Waals surface area contributed by atoms with Crippen molar-refractivity contribution < 1.29 is 8.42 Å². The van der Waals surface area contributed by atoms with Gasteiger partial charge >= 0.3 is 0 Å². The van der Waals surface area contributed by atoms with Crippen molar-refractivity contribution in [3.8, 4) is 0 Å². The summed E-state index contributed by atoms with van der Waals surface area (Å²) in [5.41, 5.74) is 1.64. The summed E-state index contributed by atoms with van der Waals surface area (Å²) in [7, 11) is -3.15. The number of fused-ring (bicyclic) bond motifs is 1. The average molecular weight is 226 g/mol. The van der Waals surface area contributed by atoms with Crippen LogP contribution in [0.2, 0.25) is 0 Å². The zero-order valence-electron chi connectivity index (χ0n) is 8.60. The van der Waals surface area contributed by atoms with Gasteiger partial charge in [-0.3, -0.25) is 4.31 Å². The number of nitrogens with zero attached hydrogens (tertiary/aromatic N) is 1. The van der Waals surface area contributed by atoms with Crippen LogP contribution in [0.15, 0.2) is 24.3 Å². The molecule has 15 heavy (non-hydrogen) atoms. The predicted octanol–water partition coefficient (Wildman–Crippen LogP) is 1.27. The van der Waals surface area contributed by atoms with Gasteiger partial charge in [-0.15, -0.1) is 0 Å². The van der Waals surface area contributed by atoms with Crippen LogP contribution in [0.1, 0.15) is 6.92 Å². The molecule has 0 unspecified atom stereocenters. The highest BCUT2D eigenvalue weighted by atomic mass is 32.2. The Morgan fingerprint density at radius 3 is 2.87 bits per heavy atom. The van der Waals surface area contributed by atoms with Gasteiger partial charge in [0.05, 0.1) is 17.1 Å². The average Bonchev–Trinajstić information content (AvgIpc) is 2.32. The van der Waals surface area contributed by atoms with Gasteiger partial charge in [-0.05, 0) is 19.1 Å². The molecule has 1 heterocycles. The molecule has 0 spiro atoms. The van der Waals surface area contributed by atoms with Crippen molar-refractivity contribution in [1.82, 2.24) is 0 Å². The van der Waals surface area contributed by atoms with Crippen molar-refractivity contribution >= 4 is 21.4 Å². The third kappa shape index (κ3) is 1.79. The molecule has 1 aromatic rings. The van der Waals surface area contributed by atoms with E-state index in [0.29, 0.717) is 13.1 Å². The molecule has 0 radical (unpaired) electrons. The fraction of sp³-hybridized carbons (Fsp3) is 0.400. The molecular weight excluding hydrogens is 212 g/mol. The van der Waals surface area contributed by atoms with E-state index in [9.17, 15) is 8.42 Å². The van der Waals surface area contributed by atoms with E-state index in [1.54, 1.807) is 0 Å². The fourth-order valence-corrected chi connectivity index (χ4v) is 3.22. The number of benzene rings is 1. The molecule has 0 aromatic heterocycles. The minimum Gasteiger partial charge on any atom is -0.382 e. The highest BCUT2D eigenvalue weighted by Crippen LogP contribution is 2.29. The highest BCUT2D eigenvalue weighted by Gasteiger charge is 2.25. The van der Waals surface area contributed by atoms with Crippen LogP contribution >= 0.6 is 0 Å². The molecule has 0 saturated heterocycles. The van der Waals surface area contributed by atoms with Crippen LogP contribution in [0.25, 0.3) is 0 Å². The van der Waals surface area contributed by atoms with Crippen molar-refractivity contribution in [1.29, 1.82) is 0 Å². The van der Waals surface area contributed by atoms with Crippen LogP contribution in [0, 0.1) is 0 Å². The summed E-state index contributed by atoms with van der Waals surface area (Å²) in [4.78, 5) is 0. The Labute approximate surface area is 90.0 Å². The topological polar surface area (TPSA) is 49.4 Å². The molecule has 2 rings (SSSR count). The van der Waals surface area contributed by atoms with Crippen molar-refractivity contribution in [2.75, 3.05) is 28.5 Å². The first-order valence-corrected chi connectivity index (χ1v) is 6.59. The third-order valence-electron chi connectivity index (χ3n) is 2.47. The van der Waals surface area contributed by atoms with Crippen LogP contribution in [0.5, 0.6) is 0 Å². The number of sulfonamides is 1. The molecular formula is C10H14N2O2S. The highest BCUT2D eigenvalue weighted by molar-refractivity contribution is 7.92. The van der Waals surface area contributed by atoms with Crippen molar-refractivity contribution in [3.63, 3.8) is 0 Å². The van der Waals surface area contributed by atoms with Gasteiger partial charge in [0.2, 0.25) is 10.0 Å². The summed E-state index contributed by atoms with van der Waals surface area (Å²) in [5.74, 6) is 0.148. The van der Waals surface area contributed by atoms with Crippen LogP contribution in [-0.2, 0) is 10.0 Å². The van der Waals surface area contributed by atoms with E-state index in [1.165, 1.54) is 4.31 Å². The Morgan fingerprint density at radius 1 is 1.40 bits per heavy atom. The standard InChI is InChI=1S/C10H14N2O2S/c1-2-12-10-6-4-3-5-9(10)11-7-8-15(12,13)14/h3-6,11H,2,7-8H2,1H3. The maximum Gasteiger partial charge on any atom is 0.236 e. The summed E-state index contributed by atoms with van der Waals surface area (Å²) in [6.45, 7) is 2.79. The number of hydrogen-bond acceptors (Lipinski definition) is 3. The second-order valence-electron chi connectivity index (χ2n) is 3.42. The molecule has 0 saturated carbocycles. The van der Waals surface area contributed by atoms with E-state index in [2.05, 4.69) is 5.32 Å². The summed E-state index contributed by atoms with van der Waals surface area (Å²) < 4.78 is 25.2. The lowest BCUT2D eigenvalue weighted by Crippen LogP contribution is -2.32. The SMILES string of the molecule is CCN1c2ccccc2NCCS1(=O)=O. The first-order chi connectivity index (χ1) is 7.15. The largest absolute Gasteiger partial charge is 0.382 e. The van der Waals surface area contributed by atoms with Crippen LogP contribution in [0.3, 0.4) is 0 Å². The zero-order valence-corrected chi connectivity index (χ0v) is 9.42. The molecule has 5 heteroatoms. The van der Waals surface area contributed by atoms with E-state index in [-0.39, 0.29) is 5.75 Å². The molecule has 4 nitrogen and oxygen atoms in total. The summed E-state index contributed by atoms with van der Waals surface area (Å²) in [6, 6.07) is 7.48. The van der Waals surface area contributed by atoms with Gasteiger partial charge in [0.25, 0.3) is 0 Å². The Bertz CT molecular complexity index is 456. The molecule has 0 bridgehead atoms. The summed E-state index contributed by atoms with van der Waals surface area (Å²) >= 11 is 0. The number of para-hydroxylation sites is 2. The second-order valence-corrected chi connectivity index (χ2v) is 5.44. The Morgan fingerprint density at radius 2 is 2.13 bits per heavy atom. The van der Waals surface area contributed by atoms with Crippen molar-refractivity contribution in [3.05, 3.63) is 24.3 Å². The normalized spacial score (nSPS) is 18.9. The molecule has 82 valence electrons. The fourth-order valence-electron chi connectivity index (χ4n) is 1.78. The molecule has 0 aliphatic carbocycles. The lowest BCUT2D eigenvalue weighted by Gasteiger charge is -2.21. The Hall–Kier alpha value is -1.23. The van der Waals surface area contributed by atoms with Gasteiger partial charge in [0.15, 0.2) is 0 Å². The van der Waals surface area contributed by atoms with Gasteiger partial charge in [0.1, 0.15) is 0 Å². The monoisotopic (exact) mass is 226 g/mol. The number of nitrogens with one attached hydrogen (secondary N) is 1. The predicted molar refractivity (Wildman–Crippen MR) is 61.7 cm³/mol. The van der Waals surface area contributed by atoms with E-state index in [0.717, 1.165) is 11.4 Å². The zero-order chi connectivity index (χ0) is 10.9. The van der Waals surface area contributed by atoms with Gasteiger partial charge in [-0.1, -0.05) is 12.1 Å². The van der Waals surface area contributed by atoms with Crippen LogP contribution in [0.4, 0.5) is 11.4 Å². The van der Waals surface area contributed by atoms with E-state index in [4.69, 9.17) is 0 Å². The maximum absolute atomic E-state index is 11.9. The van der Waals surface area contributed by atoms with Gasteiger partial charge in [0, 0.05) is 13.1 Å². The molecule has 1 aliphatic heterocycles. The minimum atomic E-state index is -3.15. The van der Waals surface area contributed by atoms with Gasteiger partial charge < -0.3 is 5.32 Å². The second kappa shape index (κ2) is 3.73. The van der Waals surface area contributed by atoms with Gasteiger partial charge in [-0.25, -0.2) is 8.42 Å². The summed E-state index contributed by atoms with van der Waals surface area (Å²) in [6.07, 6.45) is 0. The van der Waals surface area contributed by atoms with Crippen molar-refractivity contribution in [2.24, 2.45) is 0 Å². The molecule has 0 fully saturated rings. The van der Waals surface area contributed by atoms with E-state index < -0.39 is 10.0 Å². The molecule has 1 aromatic carbocycles. The first-order valence-electron chi connectivity index (χ1n) is 4.98. The number of anilines is 2. The lowest BCUT2D eigenvalue weighted by atomic mass is 10.2. The van der Waals surface area contributed by atoms with E-state index >= 15 is 0 Å². The molecule has 1 N–H and O–H groups in total. The minimum absolute atomic E-state index is 0.148. The Kier molecular flexibility index (Phi) is 2.56. The Balaban J connectivity index is 2.56.